The molecule has 1 aromatic heterocycles. The molecule has 1 heterocycles. The third kappa shape index (κ3) is 4.24. The summed E-state index contributed by atoms with van der Waals surface area (Å²) in [5.41, 5.74) is 3.30. The van der Waals surface area contributed by atoms with Crippen molar-refractivity contribution in [3.8, 4) is 5.75 Å². The Labute approximate surface area is 124 Å². The summed E-state index contributed by atoms with van der Waals surface area (Å²) in [6.45, 7) is 0. The van der Waals surface area contributed by atoms with Crippen LogP contribution < -0.4 is 10.2 Å². The average Bonchev–Trinajstić information content (AvgIpc) is 2.84. The lowest BCUT2D eigenvalue weighted by atomic mass is 10.1. The number of furan rings is 1. The molecule has 1 amide bonds. The SMILES string of the molecule is COc1cccc(CC(=O)N/N=C/c2ccc(Br)o2)c1. The van der Waals surface area contributed by atoms with Gasteiger partial charge in [-0.3, -0.25) is 4.79 Å². The zero-order valence-electron chi connectivity index (χ0n) is 10.8. The Hall–Kier alpha value is -2.08. The molecule has 2 aromatic rings. The summed E-state index contributed by atoms with van der Waals surface area (Å²) in [6, 6.07) is 10.8. The van der Waals surface area contributed by atoms with Gasteiger partial charge in [0.15, 0.2) is 4.67 Å². The van der Waals surface area contributed by atoms with Crippen molar-refractivity contribution in [2.75, 3.05) is 7.11 Å². The predicted molar refractivity (Wildman–Crippen MR) is 78.8 cm³/mol. The Morgan fingerprint density at radius 3 is 3.00 bits per heavy atom. The van der Waals surface area contributed by atoms with Gasteiger partial charge in [-0.15, -0.1) is 0 Å². The summed E-state index contributed by atoms with van der Waals surface area (Å²) in [7, 11) is 1.59. The molecule has 5 nitrogen and oxygen atoms in total. The van der Waals surface area contributed by atoms with E-state index in [1.54, 1.807) is 19.2 Å². The Kier molecular flexibility index (Phi) is 4.95. The van der Waals surface area contributed by atoms with Crippen LogP contribution in [0.1, 0.15) is 11.3 Å². The molecule has 1 aromatic carbocycles. The maximum absolute atomic E-state index is 11.7. The van der Waals surface area contributed by atoms with E-state index in [4.69, 9.17) is 9.15 Å². The van der Waals surface area contributed by atoms with Gasteiger partial charge >= 0.3 is 0 Å². The zero-order valence-corrected chi connectivity index (χ0v) is 12.4. The zero-order chi connectivity index (χ0) is 14.4. The van der Waals surface area contributed by atoms with Crippen molar-refractivity contribution in [3.05, 3.63) is 52.4 Å². The van der Waals surface area contributed by atoms with Crippen LogP contribution in [0, 0.1) is 0 Å². The summed E-state index contributed by atoms with van der Waals surface area (Å²) < 4.78 is 10.9. The quantitative estimate of drug-likeness (QED) is 0.674. The molecule has 0 aliphatic heterocycles. The lowest BCUT2D eigenvalue weighted by Gasteiger charge is -2.03. The molecule has 1 N–H and O–H groups in total. The molecule has 0 aliphatic rings. The molecule has 0 bridgehead atoms. The number of nitrogens with zero attached hydrogens (tertiary/aromatic N) is 1. The van der Waals surface area contributed by atoms with E-state index in [0.29, 0.717) is 10.4 Å². The molecule has 6 heteroatoms. The van der Waals surface area contributed by atoms with Gasteiger partial charge in [0.25, 0.3) is 0 Å². The number of hydrazone groups is 1. The molecule has 2 rings (SSSR count). The lowest BCUT2D eigenvalue weighted by molar-refractivity contribution is -0.120. The first-order valence-electron chi connectivity index (χ1n) is 5.87. The Bertz CT molecular complexity index is 622. The van der Waals surface area contributed by atoms with Crippen LogP contribution in [0.3, 0.4) is 0 Å². The van der Waals surface area contributed by atoms with Crippen LogP contribution >= 0.6 is 15.9 Å². The summed E-state index contributed by atoms with van der Waals surface area (Å²) in [6.07, 6.45) is 1.67. The maximum atomic E-state index is 11.7. The van der Waals surface area contributed by atoms with Crippen LogP contribution in [0.5, 0.6) is 5.75 Å². The van der Waals surface area contributed by atoms with Gasteiger partial charge in [0, 0.05) is 0 Å². The fourth-order valence-electron chi connectivity index (χ4n) is 1.57. The molecule has 0 fully saturated rings. The van der Waals surface area contributed by atoms with E-state index < -0.39 is 0 Å². The van der Waals surface area contributed by atoms with E-state index in [1.165, 1.54) is 6.21 Å². The highest BCUT2D eigenvalue weighted by atomic mass is 79.9. The van der Waals surface area contributed by atoms with Crippen molar-refractivity contribution in [1.29, 1.82) is 0 Å². The lowest BCUT2D eigenvalue weighted by Crippen LogP contribution is -2.19. The van der Waals surface area contributed by atoms with Crippen LogP contribution in [0.4, 0.5) is 0 Å². The number of benzene rings is 1. The van der Waals surface area contributed by atoms with E-state index >= 15 is 0 Å². The number of carbonyl (C=O) groups excluding carboxylic acids is 1. The third-order valence-electron chi connectivity index (χ3n) is 2.47. The summed E-state index contributed by atoms with van der Waals surface area (Å²) in [4.78, 5) is 11.7. The van der Waals surface area contributed by atoms with E-state index in [9.17, 15) is 4.79 Å². The molecule has 0 saturated heterocycles. The Morgan fingerprint density at radius 2 is 2.30 bits per heavy atom. The first-order valence-corrected chi connectivity index (χ1v) is 6.67. The van der Waals surface area contributed by atoms with Crippen molar-refractivity contribution in [3.63, 3.8) is 0 Å². The van der Waals surface area contributed by atoms with Gasteiger partial charge < -0.3 is 9.15 Å². The number of rotatable bonds is 5. The van der Waals surface area contributed by atoms with Crippen molar-refractivity contribution in [1.82, 2.24) is 5.43 Å². The highest BCUT2D eigenvalue weighted by Crippen LogP contribution is 2.13. The van der Waals surface area contributed by atoms with Gasteiger partial charge in [-0.1, -0.05) is 12.1 Å². The number of hydrogen-bond acceptors (Lipinski definition) is 4. The second kappa shape index (κ2) is 6.91. The first-order chi connectivity index (χ1) is 9.67. The van der Waals surface area contributed by atoms with Gasteiger partial charge in [0.05, 0.1) is 19.7 Å². The minimum Gasteiger partial charge on any atom is -0.497 e. The van der Waals surface area contributed by atoms with Crippen LogP contribution in [0.15, 0.2) is 50.6 Å². The molecule has 0 saturated carbocycles. The number of amides is 1. The summed E-state index contributed by atoms with van der Waals surface area (Å²) in [5.74, 6) is 1.07. The number of halogens is 1. The first kappa shape index (κ1) is 14.3. The van der Waals surface area contributed by atoms with Gasteiger partial charge in [-0.25, -0.2) is 5.43 Å². The van der Waals surface area contributed by atoms with Crippen LogP contribution in [0.25, 0.3) is 0 Å². The van der Waals surface area contributed by atoms with E-state index in [2.05, 4.69) is 26.5 Å². The largest absolute Gasteiger partial charge is 0.497 e. The molecule has 20 heavy (non-hydrogen) atoms. The normalized spacial score (nSPS) is 10.7. The van der Waals surface area contributed by atoms with Crippen LogP contribution in [-0.2, 0) is 11.2 Å². The Morgan fingerprint density at radius 1 is 1.45 bits per heavy atom. The molecule has 0 aliphatic carbocycles. The van der Waals surface area contributed by atoms with Crippen LogP contribution in [-0.4, -0.2) is 19.2 Å². The molecule has 104 valence electrons. The number of nitrogens with one attached hydrogen (secondary N) is 1. The molecular weight excluding hydrogens is 324 g/mol. The third-order valence-corrected chi connectivity index (χ3v) is 2.90. The minimum atomic E-state index is -0.208. The molecule has 0 unspecified atom stereocenters. The molecule has 0 radical (unpaired) electrons. The number of carbonyl (C=O) groups is 1. The smallest absolute Gasteiger partial charge is 0.244 e. The Balaban J connectivity index is 1.87. The van der Waals surface area contributed by atoms with Gasteiger partial charge in [0.2, 0.25) is 5.91 Å². The standard InChI is InChI=1S/C14H13BrN2O3/c1-19-11-4-2-3-10(7-11)8-14(18)17-16-9-12-5-6-13(15)20-12/h2-7,9H,8H2,1H3,(H,17,18)/b16-9+. The highest BCUT2D eigenvalue weighted by molar-refractivity contribution is 9.10. The van der Waals surface area contributed by atoms with Crippen LogP contribution in [0.2, 0.25) is 0 Å². The van der Waals surface area contributed by atoms with Gasteiger partial charge in [-0.05, 0) is 45.8 Å². The second-order valence-corrected chi connectivity index (χ2v) is 4.74. The van der Waals surface area contributed by atoms with Crippen molar-refractivity contribution >= 4 is 28.1 Å². The summed E-state index contributed by atoms with van der Waals surface area (Å²) in [5, 5.41) is 3.82. The molecule has 0 atom stereocenters. The van der Waals surface area contributed by atoms with Crippen molar-refractivity contribution in [2.45, 2.75) is 6.42 Å². The molecule has 0 spiro atoms. The monoisotopic (exact) mass is 336 g/mol. The highest BCUT2D eigenvalue weighted by Gasteiger charge is 2.03. The fourth-order valence-corrected chi connectivity index (χ4v) is 1.89. The number of hydrogen-bond donors (Lipinski definition) is 1. The van der Waals surface area contributed by atoms with E-state index in [1.807, 2.05) is 24.3 Å². The number of ether oxygens (including phenoxy) is 1. The minimum absolute atomic E-state index is 0.208. The fraction of sp³-hybridized carbons (Fsp3) is 0.143. The summed E-state index contributed by atoms with van der Waals surface area (Å²) >= 11 is 3.18. The van der Waals surface area contributed by atoms with Gasteiger partial charge in [0.1, 0.15) is 11.5 Å². The van der Waals surface area contributed by atoms with Crippen molar-refractivity contribution in [2.24, 2.45) is 5.10 Å². The predicted octanol–water partition coefficient (Wildman–Crippen LogP) is 2.74. The topological polar surface area (TPSA) is 63.8 Å². The molecular formula is C14H13BrN2O3. The van der Waals surface area contributed by atoms with Crippen molar-refractivity contribution < 1.29 is 13.9 Å². The maximum Gasteiger partial charge on any atom is 0.244 e. The van der Waals surface area contributed by atoms with E-state index in [0.717, 1.165) is 11.3 Å². The van der Waals surface area contributed by atoms with E-state index in [-0.39, 0.29) is 12.3 Å². The number of methoxy groups -OCH3 is 1. The van der Waals surface area contributed by atoms with Gasteiger partial charge in [-0.2, -0.15) is 5.10 Å². The second-order valence-electron chi connectivity index (χ2n) is 3.96. The average molecular weight is 337 g/mol.